The molecule has 0 radical (unpaired) electrons. The van der Waals surface area contributed by atoms with Crippen LogP contribution in [0.15, 0.2) is 36.9 Å². The van der Waals surface area contributed by atoms with E-state index in [1.165, 1.54) is 30.3 Å². The fourth-order valence-corrected chi connectivity index (χ4v) is 1.33. The Kier molecular flexibility index (Phi) is 5.56. The first-order valence-corrected chi connectivity index (χ1v) is 5.57. The highest BCUT2D eigenvalue weighted by atomic mass is 16.5. The number of carboxylic acids is 1. The summed E-state index contributed by atoms with van der Waals surface area (Å²) >= 11 is 0. The fourth-order valence-electron chi connectivity index (χ4n) is 1.33. The third-order valence-electron chi connectivity index (χ3n) is 2.31. The Bertz CT molecular complexity index is 455. The van der Waals surface area contributed by atoms with Crippen molar-refractivity contribution >= 4 is 12.1 Å². The predicted molar refractivity (Wildman–Crippen MR) is 67.9 cm³/mol. The van der Waals surface area contributed by atoms with Crippen molar-refractivity contribution in [3.05, 3.63) is 48.0 Å². The maximum atomic E-state index is 11.1. The zero-order chi connectivity index (χ0) is 14.3. The van der Waals surface area contributed by atoms with Crippen LogP contribution in [0.25, 0.3) is 0 Å². The molecular formula is C13H15NO5. The minimum atomic E-state index is -1.04. The zero-order valence-corrected chi connectivity index (χ0v) is 10.2. The molecule has 0 unspecified atom stereocenters. The lowest BCUT2D eigenvalue weighted by Gasteiger charge is -2.12. The second kappa shape index (κ2) is 7.17. The molecule has 3 N–H and O–H groups in total. The third-order valence-corrected chi connectivity index (χ3v) is 2.31. The molecular weight excluding hydrogens is 250 g/mol. The van der Waals surface area contributed by atoms with Crippen molar-refractivity contribution < 1.29 is 24.5 Å². The van der Waals surface area contributed by atoms with E-state index in [0.717, 1.165) is 0 Å². The number of carboxylic acid groups (broad SMARTS) is 1. The van der Waals surface area contributed by atoms with E-state index >= 15 is 0 Å². The summed E-state index contributed by atoms with van der Waals surface area (Å²) in [6, 6.07) is 5.75. The molecule has 0 heterocycles. The van der Waals surface area contributed by atoms with Crippen LogP contribution in [0.4, 0.5) is 4.79 Å². The number of nitrogens with one attached hydrogen (secondary N) is 1. The number of carbonyl (C=O) groups excluding carboxylic acids is 1. The number of aromatic carboxylic acids is 1. The van der Waals surface area contributed by atoms with Crippen molar-refractivity contribution in [3.8, 4) is 0 Å². The maximum Gasteiger partial charge on any atom is 0.407 e. The monoisotopic (exact) mass is 265 g/mol. The molecule has 6 nitrogen and oxygen atoms in total. The first-order valence-electron chi connectivity index (χ1n) is 5.57. The van der Waals surface area contributed by atoms with Crippen LogP contribution in [0.2, 0.25) is 0 Å². The van der Waals surface area contributed by atoms with Crippen LogP contribution in [-0.4, -0.2) is 35.4 Å². The second-order valence-corrected chi connectivity index (χ2v) is 3.71. The summed E-state index contributed by atoms with van der Waals surface area (Å²) < 4.78 is 4.67. The minimum Gasteiger partial charge on any atom is -0.478 e. The van der Waals surface area contributed by atoms with Gasteiger partial charge in [-0.25, -0.2) is 9.59 Å². The number of rotatable bonds is 6. The van der Waals surface area contributed by atoms with Crippen LogP contribution >= 0.6 is 0 Å². The largest absolute Gasteiger partial charge is 0.478 e. The number of benzene rings is 1. The van der Waals surface area contributed by atoms with Gasteiger partial charge in [0.2, 0.25) is 0 Å². The highest BCUT2D eigenvalue weighted by Gasteiger charge is 2.11. The van der Waals surface area contributed by atoms with Gasteiger partial charge >= 0.3 is 12.1 Å². The van der Waals surface area contributed by atoms with Gasteiger partial charge in [-0.3, -0.25) is 0 Å². The fraction of sp³-hybridized carbons (Fsp3) is 0.231. The average Bonchev–Trinajstić information content (AvgIpc) is 2.42. The molecule has 19 heavy (non-hydrogen) atoms. The van der Waals surface area contributed by atoms with Crippen LogP contribution in [0.1, 0.15) is 22.0 Å². The molecule has 0 fully saturated rings. The molecule has 1 aromatic carbocycles. The summed E-state index contributed by atoms with van der Waals surface area (Å²) in [4.78, 5) is 21.8. The topological polar surface area (TPSA) is 95.9 Å². The standard InChI is InChI=1S/C13H15NO5/c1-2-7-19-13(18)14-8-11(15)9-3-5-10(6-4-9)12(16)17/h2-6,11,15H,1,7-8H2,(H,14,18)(H,16,17)/t11-/m1/s1. The first-order chi connectivity index (χ1) is 9.04. The molecule has 6 heteroatoms. The van der Waals surface area contributed by atoms with Crippen molar-refractivity contribution in [1.82, 2.24) is 5.32 Å². The van der Waals surface area contributed by atoms with E-state index < -0.39 is 18.2 Å². The molecule has 0 bridgehead atoms. The normalized spacial score (nSPS) is 11.4. The van der Waals surface area contributed by atoms with Gasteiger partial charge in [-0.15, -0.1) is 0 Å². The summed E-state index contributed by atoms with van der Waals surface area (Å²) in [6.07, 6.45) is -0.152. The van der Waals surface area contributed by atoms with Crippen molar-refractivity contribution in [2.45, 2.75) is 6.10 Å². The molecule has 1 amide bonds. The molecule has 0 aliphatic carbocycles. The lowest BCUT2D eigenvalue weighted by Crippen LogP contribution is -2.29. The lowest BCUT2D eigenvalue weighted by atomic mass is 10.1. The molecule has 0 aromatic heterocycles. The Morgan fingerprint density at radius 2 is 2.00 bits per heavy atom. The summed E-state index contributed by atoms with van der Waals surface area (Å²) in [6.45, 7) is 3.46. The first kappa shape index (κ1) is 14.7. The molecule has 0 saturated carbocycles. The van der Waals surface area contributed by atoms with Crippen LogP contribution < -0.4 is 5.32 Å². The highest BCUT2D eigenvalue weighted by Crippen LogP contribution is 2.13. The third kappa shape index (κ3) is 4.81. The van der Waals surface area contributed by atoms with Gasteiger partial charge in [0.25, 0.3) is 0 Å². The van der Waals surface area contributed by atoms with Gasteiger partial charge in [-0.2, -0.15) is 0 Å². The Morgan fingerprint density at radius 1 is 1.37 bits per heavy atom. The van der Waals surface area contributed by atoms with E-state index in [2.05, 4.69) is 16.6 Å². The summed E-state index contributed by atoms with van der Waals surface area (Å²) in [5.74, 6) is -1.04. The van der Waals surface area contributed by atoms with Crippen LogP contribution in [-0.2, 0) is 4.74 Å². The van der Waals surface area contributed by atoms with Gasteiger partial charge < -0.3 is 20.3 Å². The highest BCUT2D eigenvalue weighted by molar-refractivity contribution is 5.87. The zero-order valence-electron chi connectivity index (χ0n) is 10.2. The van der Waals surface area contributed by atoms with Crippen LogP contribution in [0, 0.1) is 0 Å². The van der Waals surface area contributed by atoms with E-state index in [0.29, 0.717) is 5.56 Å². The number of hydrogen-bond acceptors (Lipinski definition) is 4. The van der Waals surface area contributed by atoms with Crippen LogP contribution in [0.3, 0.4) is 0 Å². The van der Waals surface area contributed by atoms with E-state index in [4.69, 9.17) is 5.11 Å². The van der Waals surface area contributed by atoms with Gasteiger partial charge in [-0.05, 0) is 17.7 Å². The molecule has 1 atom stereocenters. The Morgan fingerprint density at radius 3 is 2.53 bits per heavy atom. The van der Waals surface area contributed by atoms with E-state index in [1.54, 1.807) is 0 Å². The van der Waals surface area contributed by atoms with E-state index in [-0.39, 0.29) is 18.7 Å². The number of carbonyl (C=O) groups is 2. The average molecular weight is 265 g/mol. The Labute approximate surface area is 110 Å². The predicted octanol–water partition coefficient (Wildman–Crippen LogP) is 1.33. The molecule has 102 valence electrons. The molecule has 0 saturated heterocycles. The van der Waals surface area contributed by atoms with Crippen molar-refractivity contribution in [3.63, 3.8) is 0 Å². The number of aliphatic hydroxyl groups is 1. The summed E-state index contributed by atoms with van der Waals surface area (Å²) in [5, 5.41) is 20.9. The van der Waals surface area contributed by atoms with Gasteiger partial charge in [-0.1, -0.05) is 24.8 Å². The molecule has 0 aliphatic rings. The van der Waals surface area contributed by atoms with E-state index in [9.17, 15) is 14.7 Å². The summed E-state index contributed by atoms with van der Waals surface area (Å²) in [7, 11) is 0. The lowest BCUT2D eigenvalue weighted by molar-refractivity contribution is 0.0696. The van der Waals surface area contributed by atoms with Crippen molar-refractivity contribution in [2.24, 2.45) is 0 Å². The van der Waals surface area contributed by atoms with Gasteiger partial charge in [0.05, 0.1) is 18.2 Å². The number of alkyl carbamates (subject to hydrolysis) is 1. The molecule has 0 aliphatic heterocycles. The van der Waals surface area contributed by atoms with E-state index in [1.807, 2.05) is 0 Å². The Balaban J connectivity index is 2.49. The molecule has 1 aromatic rings. The van der Waals surface area contributed by atoms with Gasteiger partial charge in [0, 0.05) is 0 Å². The quantitative estimate of drug-likeness (QED) is 0.674. The smallest absolute Gasteiger partial charge is 0.407 e. The SMILES string of the molecule is C=CCOC(=O)NC[C@@H](O)c1ccc(C(=O)O)cc1. The molecule has 1 rings (SSSR count). The maximum absolute atomic E-state index is 11.1. The van der Waals surface area contributed by atoms with Gasteiger partial charge in [0.1, 0.15) is 6.61 Å². The number of aliphatic hydroxyl groups excluding tert-OH is 1. The minimum absolute atomic E-state index is 0.0254. The van der Waals surface area contributed by atoms with Crippen LogP contribution in [0.5, 0.6) is 0 Å². The number of hydrogen-bond donors (Lipinski definition) is 3. The summed E-state index contributed by atoms with van der Waals surface area (Å²) in [5.41, 5.74) is 0.642. The van der Waals surface area contributed by atoms with Gasteiger partial charge in [0.15, 0.2) is 0 Å². The number of ether oxygens (including phenoxy) is 1. The number of amides is 1. The second-order valence-electron chi connectivity index (χ2n) is 3.71. The van der Waals surface area contributed by atoms with Crippen molar-refractivity contribution in [1.29, 1.82) is 0 Å². The Hall–Kier alpha value is -2.34. The molecule has 0 spiro atoms. The van der Waals surface area contributed by atoms with Crippen molar-refractivity contribution in [2.75, 3.05) is 13.2 Å².